The molecule has 5 fully saturated rings. The van der Waals surface area contributed by atoms with Gasteiger partial charge >= 0.3 is 0 Å². The second-order valence-electron chi connectivity index (χ2n) is 8.40. The van der Waals surface area contributed by atoms with Crippen LogP contribution in [0, 0.1) is 16.7 Å². The Balaban J connectivity index is 1.30. The van der Waals surface area contributed by atoms with Gasteiger partial charge in [0.25, 0.3) is 5.91 Å². The minimum Gasteiger partial charge on any atom is -0.364 e. The number of azo groups is 1. The molecule has 2 aromatic rings. The number of carbonyl (C=O) groups excluding carboxylic acids is 1. The van der Waals surface area contributed by atoms with E-state index in [1.807, 2.05) is 54.6 Å². The molecule has 0 spiro atoms. The minimum absolute atomic E-state index is 0.00105. The van der Waals surface area contributed by atoms with E-state index in [4.69, 9.17) is 4.74 Å². The van der Waals surface area contributed by atoms with Crippen LogP contribution in [0.2, 0.25) is 0 Å². The maximum Gasteiger partial charge on any atom is 0.257 e. The quantitative estimate of drug-likeness (QED) is 0.756. The van der Waals surface area contributed by atoms with Gasteiger partial charge in [0.1, 0.15) is 0 Å². The fourth-order valence-electron chi connectivity index (χ4n) is 5.69. The van der Waals surface area contributed by atoms with Crippen molar-refractivity contribution in [2.45, 2.75) is 32.3 Å². The molecular formula is C22H23N3O2. The largest absolute Gasteiger partial charge is 0.364 e. The van der Waals surface area contributed by atoms with E-state index in [1.165, 1.54) is 0 Å². The van der Waals surface area contributed by atoms with Gasteiger partial charge in [-0.05, 0) is 49.2 Å². The SMILES string of the molecule is CC12COC3(C(=O)Nc4ccc(N=Nc5ccccc5)cc4)C1CCC23C. The van der Waals surface area contributed by atoms with E-state index >= 15 is 0 Å². The van der Waals surface area contributed by atoms with E-state index < -0.39 is 5.60 Å². The first-order valence-electron chi connectivity index (χ1n) is 9.52. The van der Waals surface area contributed by atoms with Crippen molar-refractivity contribution in [1.29, 1.82) is 0 Å². The van der Waals surface area contributed by atoms with Crippen molar-refractivity contribution in [2.75, 3.05) is 11.9 Å². The molecule has 0 radical (unpaired) electrons. The smallest absolute Gasteiger partial charge is 0.257 e. The number of fused-ring (bicyclic) bond motifs is 2. The highest BCUT2D eigenvalue weighted by molar-refractivity contribution is 6.00. The topological polar surface area (TPSA) is 63.0 Å². The summed E-state index contributed by atoms with van der Waals surface area (Å²) in [5.74, 6) is 0.343. The summed E-state index contributed by atoms with van der Waals surface area (Å²) in [6, 6.07) is 17.1. The number of nitrogens with one attached hydrogen (secondary N) is 1. The van der Waals surface area contributed by atoms with Crippen LogP contribution in [-0.2, 0) is 9.53 Å². The first kappa shape index (κ1) is 16.6. The lowest BCUT2D eigenvalue weighted by atomic mass is 9.44. The Morgan fingerprint density at radius 1 is 1.04 bits per heavy atom. The van der Waals surface area contributed by atoms with Crippen LogP contribution in [0.1, 0.15) is 26.7 Å². The summed E-state index contributed by atoms with van der Waals surface area (Å²) >= 11 is 0. The van der Waals surface area contributed by atoms with Gasteiger partial charge < -0.3 is 10.1 Å². The third kappa shape index (κ3) is 2.00. The summed E-state index contributed by atoms with van der Waals surface area (Å²) in [5.41, 5.74) is 1.79. The van der Waals surface area contributed by atoms with E-state index in [0.717, 1.165) is 29.9 Å². The Morgan fingerprint density at radius 3 is 2.33 bits per heavy atom. The molecule has 1 N–H and O–H groups in total. The first-order valence-corrected chi connectivity index (χ1v) is 9.52. The highest BCUT2D eigenvalue weighted by atomic mass is 16.5. The predicted molar refractivity (Wildman–Crippen MR) is 103 cm³/mol. The van der Waals surface area contributed by atoms with Crippen LogP contribution in [0.25, 0.3) is 0 Å². The number of hydrogen-bond donors (Lipinski definition) is 1. The molecule has 3 aliphatic carbocycles. The van der Waals surface area contributed by atoms with Crippen molar-refractivity contribution in [1.82, 2.24) is 0 Å². The molecule has 27 heavy (non-hydrogen) atoms. The van der Waals surface area contributed by atoms with Crippen LogP contribution in [0.15, 0.2) is 64.8 Å². The molecule has 3 saturated carbocycles. The Hall–Kier alpha value is -2.53. The Kier molecular flexibility index (Phi) is 3.38. The molecule has 2 saturated heterocycles. The molecule has 4 atom stereocenters. The number of anilines is 1. The van der Waals surface area contributed by atoms with Gasteiger partial charge in [-0.15, -0.1) is 0 Å². The average molecular weight is 361 g/mol. The molecule has 4 unspecified atom stereocenters. The summed E-state index contributed by atoms with van der Waals surface area (Å²) in [7, 11) is 0. The van der Waals surface area contributed by atoms with Crippen molar-refractivity contribution in [3.8, 4) is 0 Å². The zero-order valence-corrected chi connectivity index (χ0v) is 15.6. The molecule has 5 nitrogen and oxygen atoms in total. The fraction of sp³-hybridized carbons (Fsp3) is 0.409. The number of rotatable bonds is 4. The highest BCUT2D eigenvalue weighted by Gasteiger charge is 2.87. The Bertz CT molecular complexity index is 926. The van der Waals surface area contributed by atoms with Gasteiger partial charge in [-0.3, -0.25) is 4.79 Å². The summed E-state index contributed by atoms with van der Waals surface area (Å²) in [6.45, 7) is 5.19. The van der Waals surface area contributed by atoms with Crippen LogP contribution in [0.5, 0.6) is 0 Å². The summed E-state index contributed by atoms with van der Waals surface area (Å²) in [5, 5.41) is 11.5. The number of benzene rings is 2. The van der Waals surface area contributed by atoms with Crippen molar-refractivity contribution in [3.05, 3.63) is 54.6 Å². The van der Waals surface area contributed by atoms with Crippen LogP contribution >= 0.6 is 0 Å². The van der Waals surface area contributed by atoms with Gasteiger partial charge in [0.2, 0.25) is 0 Å². The van der Waals surface area contributed by atoms with Gasteiger partial charge in [-0.1, -0.05) is 32.0 Å². The third-order valence-corrected chi connectivity index (χ3v) is 7.37. The minimum atomic E-state index is -0.645. The molecule has 5 heteroatoms. The van der Waals surface area contributed by atoms with Crippen LogP contribution in [0.4, 0.5) is 17.1 Å². The maximum absolute atomic E-state index is 13.1. The van der Waals surface area contributed by atoms with Crippen molar-refractivity contribution >= 4 is 23.0 Å². The number of carbonyl (C=O) groups is 1. The zero-order chi connectivity index (χ0) is 18.7. The Morgan fingerprint density at radius 2 is 1.70 bits per heavy atom. The summed E-state index contributed by atoms with van der Waals surface area (Å²) in [4.78, 5) is 13.1. The maximum atomic E-state index is 13.1. The standard InChI is InChI=1S/C22H23N3O2/c1-20-14-27-22(18(20)12-13-21(20,22)2)19(26)23-15-8-10-17(11-9-15)25-24-16-6-4-3-5-7-16/h3-11,18H,12-14H2,1-2H3,(H,23,26). The second kappa shape index (κ2) is 5.49. The third-order valence-electron chi connectivity index (χ3n) is 7.37. The first-order chi connectivity index (χ1) is 13.0. The molecule has 0 aromatic heterocycles. The molecule has 4 bridgehead atoms. The lowest BCUT2D eigenvalue weighted by Gasteiger charge is -2.58. The van der Waals surface area contributed by atoms with Crippen molar-refractivity contribution < 1.29 is 9.53 Å². The van der Waals surface area contributed by atoms with Gasteiger partial charge in [0, 0.05) is 22.4 Å². The van der Waals surface area contributed by atoms with Crippen LogP contribution in [-0.4, -0.2) is 18.1 Å². The van der Waals surface area contributed by atoms with Gasteiger partial charge in [0.15, 0.2) is 5.60 Å². The summed E-state index contributed by atoms with van der Waals surface area (Å²) < 4.78 is 6.11. The highest BCUT2D eigenvalue weighted by Crippen LogP contribution is 2.81. The van der Waals surface area contributed by atoms with Crippen molar-refractivity contribution in [3.63, 3.8) is 0 Å². The zero-order valence-electron chi connectivity index (χ0n) is 15.6. The molecule has 1 amide bonds. The number of hydrogen-bond acceptors (Lipinski definition) is 4. The van der Waals surface area contributed by atoms with Crippen molar-refractivity contribution in [2.24, 2.45) is 27.0 Å². The lowest BCUT2D eigenvalue weighted by Crippen LogP contribution is -2.69. The molecule has 138 valence electrons. The van der Waals surface area contributed by atoms with E-state index in [0.29, 0.717) is 12.5 Å². The van der Waals surface area contributed by atoms with E-state index in [-0.39, 0.29) is 16.7 Å². The lowest BCUT2D eigenvalue weighted by molar-refractivity contribution is -0.176. The predicted octanol–water partition coefficient (Wildman–Crippen LogP) is 5.25. The monoisotopic (exact) mass is 361 g/mol. The normalized spacial score (nSPS) is 36.0. The fourth-order valence-corrected chi connectivity index (χ4v) is 5.69. The number of nitrogens with zero attached hydrogens (tertiary/aromatic N) is 2. The van der Waals surface area contributed by atoms with E-state index in [9.17, 15) is 4.79 Å². The molecule has 5 aliphatic rings. The number of ether oxygens (including phenoxy) is 1. The average Bonchev–Trinajstić information content (AvgIpc) is 3.34. The summed E-state index contributed by atoms with van der Waals surface area (Å²) in [6.07, 6.45) is 2.15. The van der Waals surface area contributed by atoms with Gasteiger partial charge in [-0.2, -0.15) is 10.2 Å². The van der Waals surface area contributed by atoms with E-state index in [2.05, 4.69) is 29.4 Å². The molecular weight excluding hydrogens is 338 g/mol. The Labute approximate surface area is 158 Å². The van der Waals surface area contributed by atoms with Crippen LogP contribution < -0.4 is 5.32 Å². The molecule has 2 aromatic carbocycles. The molecule has 2 heterocycles. The number of amides is 1. The van der Waals surface area contributed by atoms with Crippen LogP contribution in [0.3, 0.4) is 0 Å². The second-order valence-corrected chi connectivity index (χ2v) is 8.40. The van der Waals surface area contributed by atoms with E-state index in [1.54, 1.807) is 0 Å². The van der Waals surface area contributed by atoms with Gasteiger partial charge in [0.05, 0.1) is 18.0 Å². The molecule has 2 aliphatic heterocycles. The van der Waals surface area contributed by atoms with Gasteiger partial charge in [-0.25, -0.2) is 0 Å². The molecule has 7 rings (SSSR count).